The number of pyridine rings is 1. The maximum Gasteiger partial charge on any atom is 0.387 e. The van der Waals surface area contributed by atoms with Gasteiger partial charge in [-0.3, -0.25) is 4.79 Å². The van der Waals surface area contributed by atoms with Crippen molar-refractivity contribution in [2.24, 2.45) is 11.7 Å². The van der Waals surface area contributed by atoms with E-state index in [1.165, 1.54) is 30.3 Å². The number of esters is 1. The molecular weight excluding hydrogens is 597 g/mol. The van der Waals surface area contributed by atoms with Crippen molar-refractivity contribution < 1.29 is 37.0 Å². The van der Waals surface area contributed by atoms with Crippen LogP contribution in [0.3, 0.4) is 0 Å². The van der Waals surface area contributed by atoms with Crippen LogP contribution in [0.4, 0.5) is 8.78 Å². The summed E-state index contributed by atoms with van der Waals surface area (Å²) < 4.78 is 47.2. The van der Waals surface area contributed by atoms with Gasteiger partial charge >= 0.3 is 12.6 Å². The molecule has 0 spiro atoms. The van der Waals surface area contributed by atoms with E-state index in [-0.39, 0.29) is 66.7 Å². The number of ether oxygens (including phenoxy) is 3. The Labute approximate surface area is 254 Å². The molecule has 230 valence electrons. The Morgan fingerprint density at radius 1 is 1.12 bits per heavy atom. The first-order chi connectivity index (χ1) is 19.2. The Morgan fingerprint density at radius 2 is 1.86 bits per heavy atom. The molecule has 1 atom stereocenters. The van der Waals surface area contributed by atoms with Crippen LogP contribution < -0.4 is 20.5 Å². The van der Waals surface area contributed by atoms with E-state index in [0.717, 1.165) is 25.7 Å². The average molecular weight is 632 g/mol. The zero-order chi connectivity index (χ0) is 28.6. The number of alkyl halides is 2. The highest BCUT2D eigenvalue weighted by Gasteiger charge is 2.24. The van der Waals surface area contributed by atoms with Gasteiger partial charge in [-0.05, 0) is 62.4 Å². The number of nitrogens with zero attached hydrogens (tertiary/aromatic N) is 2. The van der Waals surface area contributed by atoms with Crippen molar-refractivity contribution in [1.29, 1.82) is 0 Å². The Kier molecular flexibility index (Phi) is 13.4. The Bertz CT molecular complexity index is 1340. The molecule has 3 N–H and O–H groups in total. The van der Waals surface area contributed by atoms with E-state index in [0.29, 0.717) is 29.5 Å². The van der Waals surface area contributed by atoms with Crippen LogP contribution in [-0.2, 0) is 11.3 Å². The lowest BCUT2D eigenvalue weighted by molar-refractivity contribution is -0.0515. The maximum absolute atomic E-state index is 12.9. The number of carbonyl (C=O) groups excluding carboxylic acids is 2. The number of benzene rings is 1. The Hall–Kier alpha value is -3.48. The lowest BCUT2D eigenvalue weighted by Gasteiger charge is -2.12. The lowest BCUT2D eigenvalue weighted by Crippen LogP contribution is -2.25. The van der Waals surface area contributed by atoms with Gasteiger partial charge in [0, 0.05) is 5.56 Å². The molecule has 4 rings (SSSR count). The van der Waals surface area contributed by atoms with Crippen molar-refractivity contribution in [1.82, 2.24) is 15.3 Å². The number of carbonyl (C=O) groups is 2. The number of nitrogens with one attached hydrogen (secondary N) is 1. The minimum absolute atomic E-state index is 0. The van der Waals surface area contributed by atoms with Gasteiger partial charge in [-0.25, -0.2) is 14.8 Å². The van der Waals surface area contributed by atoms with Crippen LogP contribution in [0.2, 0.25) is 0 Å². The van der Waals surface area contributed by atoms with Gasteiger partial charge in [0.15, 0.2) is 11.5 Å². The molecule has 1 unspecified atom stereocenters. The van der Waals surface area contributed by atoms with E-state index in [9.17, 15) is 18.4 Å². The van der Waals surface area contributed by atoms with Crippen LogP contribution in [-0.4, -0.2) is 41.7 Å². The number of hydrogen-bond donors (Lipinski definition) is 2. The zero-order valence-electron chi connectivity index (χ0n) is 23.1. The topological polar surface area (TPSA) is 139 Å². The van der Waals surface area contributed by atoms with Crippen LogP contribution >= 0.6 is 24.8 Å². The van der Waals surface area contributed by atoms with Gasteiger partial charge < -0.3 is 29.7 Å². The van der Waals surface area contributed by atoms with Crippen molar-refractivity contribution >= 4 is 36.7 Å². The fourth-order valence-electron chi connectivity index (χ4n) is 3.72. The highest BCUT2D eigenvalue weighted by atomic mass is 35.5. The van der Waals surface area contributed by atoms with E-state index in [1.54, 1.807) is 13.0 Å². The van der Waals surface area contributed by atoms with Crippen molar-refractivity contribution in [2.75, 3.05) is 13.2 Å². The monoisotopic (exact) mass is 630 g/mol. The first kappa shape index (κ1) is 34.7. The standard InChI is InChI=1S/C28H32F2N4O6.2ClH/c1-3-4-12-37-27(36)20-7-5-6-19(33-20)25(35)32-14-21-24(16(2)31)40-26(34-21)18-10-11-22(39-28(29)30)23(13-18)38-15-17-8-9-17;;/h5-7,10-11,13,16-17,28H,3-4,8-9,12,14-15,31H2,1-2H3,(H,32,35);2*1H. The SMILES string of the molecule is CCCCOC(=O)c1cccc(C(=O)NCc2nc(-c3ccc(OC(F)F)c(OCC4CC4)c3)oc2C(C)N)n1.Cl.Cl. The number of rotatable bonds is 14. The van der Waals surface area contributed by atoms with Gasteiger partial charge in [-0.15, -0.1) is 24.8 Å². The number of unbranched alkanes of at least 4 members (excludes halogenated alkanes) is 1. The third-order valence-corrected chi connectivity index (χ3v) is 6.06. The van der Waals surface area contributed by atoms with E-state index >= 15 is 0 Å². The molecule has 1 fully saturated rings. The summed E-state index contributed by atoms with van der Waals surface area (Å²) in [5.41, 5.74) is 6.98. The second-order valence-corrected chi connectivity index (χ2v) is 9.49. The quantitative estimate of drug-likeness (QED) is 0.165. The largest absolute Gasteiger partial charge is 0.489 e. The fourth-order valence-corrected chi connectivity index (χ4v) is 3.72. The summed E-state index contributed by atoms with van der Waals surface area (Å²) in [5.74, 6) is -0.168. The molecule has 3 aromatic rings. The summed E-state index contributed by atoms with van der Waals surface area (Å²) in [6, 6.07) is 8.36. The van der Waals surface area contributed by atoms with Crippen molar-refractivity contribution in [3.63, 3.8) is 0 Å². The molecule has 2 aromatic heterocycles. The number of oxazole rings is 1. The molecule has 1 aliphatic carbocycles. The normalized spacial score (nSPS) is 13.0. The molecule has 14 heteroatoms. The molecule has 0 radical (unpaired) electrons. The number of nitrogens with two attached hydrogens (primary N) is 1. The predicted molar refractivity (Wildman–Crippen MR) is 154 cm³/mol. The minimum Gasteiger partial charge on any atom is -0.489 e. The molecule has 0 bridgehead atoms. The highest BCUT2D eigenvalue weighted by Crippen LogP contribution is 2.37. The van der Waals surface area contributed by atoms with Crippen LogP contribution in [0.15, 0.2) is 40.8 Å². The average Bonchev–Trinajstić information content (AvgIpc) is 3.67. The van der Waals surface area contributed by atoms with E-state index in [4.69, 9.17) is 19.6 Å². The van der Waals surface area contributed by atoms with Gasteiger partial charge in [-0.2, -0.15) is 8.78 Å². The first-order valence-electron chi connectivity index (χ1n) is 13.1. The van der Waals surface area contributed by atoms with Gasteiger partial charge in [0.2, 0.25) is 5.89 Å². The van der Waals surface area contributed by atoms with Gasteiger partial charge in [0.1, 0.15) is 22.8 Å². The second-order valence-electron chi connectivity index (χ2n) is 9.49. The number of halogens is 4. The van der Waals surface area contributed by atoms with Crippen molar-refractivity contribution in [3.8, 4) is 23.0 Å². The van der Waals surface area contributed by atoms with Crippen LogP contribution in [0.1, 0.15) is 78.0 Å². The smallest absolute Gasteiger partial charge is 0.387 e. The molecular formula is C28H34Cl2F2N4O6. The molecule has 2 heterocycles. The maximum atomic E-state index is 12.9. The molecule has 0 aliphatic heterocycles. The zero-order valence-corrected chi connectivity index (χ0v) is 24.8. The van der Waals surface area contributed by atoms with E-state index < -0.39 is 24.5 Å². The van der Waals surface area contributed by atoms with E-state index in [2.05, 4.69) is 20.0 Å². The summed E-state index contributed by atoms with van der Waals surface area (Å²) in [5, 5.41) is 2.72. The van der Waals surface area contributed by atoms with Crippen LogP contribution in [0, 0.1) is 5.92 Å². The molecule has 0 saturated heterocycles. The Balaban J connectivity index is 0.00000308. The second kappa shape index (κ2) is 16.2. The molecule has 10 nitrogen and oxygen atoms in total. The van der Waals surface area contributed by atoms with Crippen molar-refractivity contribution in [2.45, 2.75) is 58.7 Å². The molecule has 42 heavy (non-hydrogen) atoms. The van der Waals surface area contributed by atoms with Gasteiger partial charge in [0.05, 0.1) is 25.8 Å². The molecule has 1 aromatic carbocycles. The fraction of sp³-hybridized carbons (Fsp3) is 0.429. The molecule has 1 saturated carbocycles. The molecule has 1 aliphatic rings. The van der Waals surface area contributed by atoms with Crippen molar-refractivity contribution in [3.05, 3.63) is 59.2 Å². The highest BCUT2D eigenvalue weighted by molar-refractivity contribution is 5.94. The molecule has 1 amide bonds. The predicted octanol–water partition coefficient (Wildman–Crippen LogP) is 5.88. The van der Waals surface area contributed by atoms with Gasteiger partial charge in [0.25, 0.3) is 5.91 Å². The summed E-state index contributed by atoms with van der Waals surface area (Å²) in [7, 11) is 0. The lowest BCUT2D eigenvalue weighted by atomic mass is 10.2. The summed E-state index contributed by atoms with van der Waals surface area (Å²) in [6.45, 7) is 1.31. The summed E-state index contributed by atoms with van der Waals surface area (Å²) in [6.07, 6.45) is 3.67. The summed E-state index contributed by atoms with van der Waals surface area (Å²) >= 11 is 0. The first-order valence-corrected chi connectivity index (χ1v) is 13.1. The number of hydrogen-bond acceptors (Lipinski definition) is 9. The van der Waals surface area contributed by atoms with Crippen LogP contribution in [0.25, 0.3) is 11.5 Å². The van der Waals surface area contributed by atoms with Crippen LogP contribution in [0.5, 0.6) is 11.5 Å². The third-order valence-electron chi connectivity index (χ3n) is 6.06. The Morgan fingerprint density at radius 3 is 2.52 bits per heavy atom. The minimum atomic E-state index is -3.00. The number of amides is 1. The van der Waals surface area contributed by atoms with E-state index in [1.807, 2.05) is 6.92 Å². The van der Waals surface area contributed by atoms with Gasteiger partial charge in [-0.1, -0.05) is 19.4 Å². The summed E-state index contributed by atoms with van der Waals surface area (Å²) in [4.78, 5) is 33.6. The third kappa shape index (κ3) is 9.53. The number of aromatic nitrogens is 2.